The molecule has 8 heteroatoms. The van der Waals surface area contributed by atoms with Gasteiger partial charge in [0.2, 0.25) is 0 Å². The van der Waals surface area contributed by atoms with Gasteiger partial charge in [0.05, 0.1) is 13.2 Å². The van der Waals surface area contributed by atoms with Crippen LogP contribution in [-0.2, 0) is 4.74 Å². The summed E-state index contributed by atoms with van der Waals surface area (Å²) in [6, 6.07) is 2.14. The van der Waals surface area contributed by atoms with Crippen molar-refractivity contribution >= 4 is 17.7 Å². The summed E-state index contributed by atoms with van der Waals surface area (Å²) in [5, 5.41) is 3.17. The van der Waals surface area contributed by atoms with E-state index in [1.807, 2.05) is 4.90 Å². The Balaban J connectivity index is 1.24. The van der Waals surface area contributed by atoms with Crippen LogP contribution in [0.4, 0.5) is 16.4 Å². The Morgan fingerprint density at radius 3 is 2.28 bits per heavy atom. The van der Waals surface area contributed by atoms with Gasteiger partial charge >= 0.3 is 6.03 Å². The molecule has 1 aliphatic carbocycles. The van der Waals surface area contributed by atoms with Crippen molar-refractivity contribution in [2.45, 2.75) is 32.6 Å². The number of nitrogens with zero attached hydrogens (tertiary/aromatic N) is 5. The molecule has 0 radical (unpaired) electrons. The average Bonchev–Trinajstić information content (AvgIpc) is 2.79. The van der Waals surface area contributed by atoms with Crippen LogP contribution in [0.3, 0.4) is 0 Å². The van der Waals surface area contributed by atoms with Crippen molar-refractivity contribution in [3.63, 3.8) is 0 Å². The second kappa shape index (κ2) is 9.61. The van der Waals surface area contributed by atoms with Crippen molar-refractivity contribution in [2.24, 2.45) is 11.8 Å². The molecule has 2 amide bonds. The summed E-state index contributed by atoms with van der Waals surface area (Å²) < 4.78 is 5.43. The molecule has 3 fully saturated rings. The molecule has 0 unspecified atom stereocenters. The van der Waals surface area contributed by atoms with E-state index < -0.39 is 0 Å². The molecule has 0 aromatic carbocycles. The van der Waals surface area contributed by atoms with Crippen LogP contribution < -0.4 is 15.1 Å². The monoisotopic (exact) mass is 402 g/mol. The smallest absolute Gasteiger partial charge is 0.317 e. The van der Waals surface area contributed by atoms with Gasteiger partial charge in [-0.05, 0) is 24.7 Å². The standard InChI is InChI=1S/C21H34N6O2/c1-17-2-4-18(5-3-17)15-22-21(28)27-8-6-25(7-9-27)19-14-20(24-16-23-19)26-10-12-29-13-11-26/h14,16-18H,2-13,15H2,1H3,(H,22,28). The number of carbonyl (C=O) groups excluding carboxylic acids is 1. The van der Waals surface area contributed by atoms with Crippen LogP contribution in [0.5, 0.6) is 0 Å². The quantitative estimate of drug-likeness (QED) is 0.830. The summed E-state index contributed by atoms with van der Waals surface area (Å²) in [7, 11) is 0. The summed E-state index contributed by atoms with van der Waals surface area (Å²) in [5.41, 5.74) is 0. The first kappa shape index (κ1) is 20.2. The maximum Gasteiger partial charge on any atom is 0.317 e. The molecule has 8 nitrogen and oxygen atoms in total. The summed E-state index contributed by atoms with van der Waals surface area (Å²) >= 11 is 0. The van der Waals surface area contributed by atoms with Gasteiger partial charge < -0.3 is 24.8 Å². The van der Waals surface area contributed by atoms with Crippen molar-refractivity contribution in [1.82, 2.24) is 20.2 Å². The van der Waals surface area contributed by atoms with E-state index in [0.717, 1.165) is 76.6 Å². The molecule has 0 spiro atoms. The fourth-order valence-corrected chi connectivity index (χ4v) is 4.49. The normalized spacial score (nSPS) is 25.8. The van der Waals surface area contributed by atoms with Crippen LogP contribution in [-0.4, -0.2) is 79.9 Å². The number of urea groups is 1. The van der Waals surface area contributed by atoms with E-state index >= 15 is 0 Å². The summed E-state index contributed by atoms with van der Waals surface area (Å²) in [6.07, 6.45) is 6.72. The zero-order valence-corrected chi connectivity index (χ0v) is 17.6. The van der Waals surface area contributed by atoms with Crippen molar-refractivity contribution in [1.29, 1.82) is 0 Å². The number of anilines is 2. The second-order valence-electron chi connectivity index (χ2n) is 8.62. The third-order valence-corrected chi connectivity index (χ3v) is 6.54. The molecule has 0 atom stereocenters. The summed E-state index contributed by atoms with van der Waals surface area (Å²) in [5.74, 6) is 3.40. The van der Waals surface area contributed by atoms with Gasteiger partial charge in [0, 0.05) is 51.9 Å². The maximum absolute atomic E-state index is 12.6. The van der Waals surface area contributed by atoms with Crippen molar-refractivity contribution in [2.75, 3.05) is 68.8 Å². The summed E-state index contributed by atoms with van der Waals surface area (Å²) in [4.78, 5) is 27.9. The Bertz CT molecular complexity index is 665. The van der Waals surface area contributed by atoms with Crippen LogP contribution in [0, 0.1) is 11.8 Å². The van der Waals surface area contributed by atoms with E-state index in [-0.39, 0.29) is 6.03 Å². The first-order chi connectivity index (χ1) is 14.2. The van der Waals surface area contributed by atoms with E-state index in [1.165, 1.54) is 25.7 Å². The number of amides is 2. The van der Waals surface area contributed by atoms with Gasteiger partial charge in [0.1, 0.15) is 18.0 Å². The predicted molar refractivity (Wildman–Crippen MR) is 113 cm³/mol. The molecule has 1 aromatic rings. The first-order valence-corrected chi connectivity index (χ1v) is 11.1. The lowest BCUT2D eigenvalue weighted by atomic mass is 9.83. The number of nitrogens with one attached hydrogen (secondary N) is 1. The molecule has 1 saturated carbocycles. The average molecular weight is 403 g/mol. The van der Waals surface area contributed by atoms with Gasteiger partial charge in [-0.2, -0.15) is 0 Å². The molecule has 29 heavy (non-hydrogen) atoms. The van der Waals surface area contributed by atoms with Gasteiger partial charge in [-0.3, -0.25) is 0 Å². The van der Waals surface area contributed by atoms with Gasteiger partial charge in [-0.1, -0.05) is 19.8 Å². The summed E-state index contributed by atoms with van der Waals surface area (Å²) in [6.45, 7) is 9.42. The molecule has 2 aliphatic heterocycles. The Labute approximate surface area is 173 Å². The highest BCUT2D eigenvalue weighted by Gasteiger charge is 2.24. The number of morpholine rings is 1. The largest absolute Gasteiger partial charge is 0.378 e. The fraction of sp³-hybridized carbons (Fsp3) is 0.762. The van der Waals surface area contributed by atoms with Gasteiger partial charge in [0.25, 0.3) is 0 Å². The van der Waals surface area contributed by atoms with Crippen LogP contribution in [0.25, 0.3) is 0 Å². The fourth-order valence-electron chi connectivity index (χ4n) is 4.49. The molecular weight excluding hydrogens is 368 g/mol. The predicted octanol–water partition coefficient (Wildman–Crippen LogP) is 1.97. The third kappa shape index (κ3) is 5.29. The number of carbonyl (C=O) groups is 1. The van der Waals surface area contributed by atoms with E-state index in [0.29, 0.717) is 5.92 Å². The minimum atomic E-state index is 0.0833. The highest BCUT2D eigenvalue weighted by atomic mass is 16.5. The van der Waals surface area contributed by atoms with Gasteiger partial charge in [-0.25, -0.2) is 14.8 Å². The molecule has 3 heterocycles. The molecular formula is C21H34N6O2. The highest BCUT2D eigenvalue weighted by Crippen LogP contribution is 2.27. The Hall–Kier alpha value is -2.09. The minimum Gasteiger partial charge on any atom is -0.378 e. The molecule has 2 saturated heterocycles. The molecule has 1 aromatic heterocycles. The molecule has 4 rings (SSSR count). The highest BCUT2D eigenvalue weighted by molar-refractivity contribution is 5.74. The molecule has 1 N–H and O–H groups in total. The zero-order chi connectivity index (χ0) is 20.1. The molecule has 0 bridgehead atoms. The Morgan fingerprint density at radius 1 is 1.00 bits per heavy atom. The van der Waals surface area contributed by atoms with Crippen molar-refractivity contribution in [3.8, 4) is 0 Å². The SMILES string of the molecule is CC1CCC(CNC(=O)N2CCN(c3cc(N4CCOCC4)ncn3)CC2)CC1. The van der Waals surface area contributed by atoms with Gasteiger partial charge in [-0.15, -0.1) is 0 Å². The first-order valence-electron chi connectivity index (χ1n) is 11.1. The topological polar surface area (TPSA) is 73.8 Å². The lowest BCUT2D eigenvalue weighted by molar-refractivity contribution is 0.122. The number of hydrogen-bond acceptors (Lipinski definition) is 6. The van der Waals surface area contributed by atoms with Crippen LogP contribution in [0.15, 0.2) is 12.4 Å². The van der Waals surface area contributed by atoms with Crippen LogP contribution in [0.1, 0.15) is 32.6 Å². The number of piperazine rings is 1. The van der Waals surface area contributed by atoms with E-state index in [2.05, 4.69) is 38.1 Å². The van der Waals surface area contributed by atoms with Crippen LogP contribution >= 0.6 is 0 Å². The second-order valence-corrected chi connectivity index (χ2v) is 8.62. The number of rotatable bonds is 4. The van der Waals surface area contributed by atoms with E-state index in [4.69, 9.17) is 4.74 Å². The lowest BCUT2D eigenvalue weighted by Crippen LogP contribution is -2.52. The Kier molecular flexibility index (Phi) is 6.69. The number of hydrogen-bond donors (Lipinski definition) is 1. The molecule has 160 valence electrons. The van der Waals surface area contributed by atoms with Crippen LogP contribution in [0.2, 0.25) is 0 Å². The van der Waals surface area contributed by atoms with E-state index in [1.54, 1.807) is 6.33 Å². The number of ether oxygens (including phenoxy) is 1. The minimum absolute atomic E-state index is 0.0833. The lowest BCUT2D eigenvalue weighted by Gasteiger charge is -2.36. The zero-order valence-electron chi connectivity index (χ0n) is 17.6. The molecule has 3 aliphatic rings. The third-order valence-electron chi connectivity index (χ3n) is 6.54. The van der Waals surface area contributed by atoms with E-state index in [9.17, 15) is 4.79 Å². The number of aromatic nitrogens is 2. The Morgan fingerprint density at radius 2 is 1.62 bits per heavy atom. The van der Waals surface area contributed by atoms with Gasteiger partial charge in [0.15, 0.2) is 0 Å². The van der Waals surface area contributed by atoms with Crippen molar-refractivity contribution < 1.29 is 9.53 Å². The maximum atomic E-state index is 12.6. The van der Waals surface area contributed by atoms with Crippen molar-refractivity contribution in [3.05, 3.63) is 12.4 Å².